The monoisotopic (exact) mass is 369 g/mol. The number of carbonyl (C=O) groups excluding carboxylic acids is 2. The van der Waals surface area contributed by atoms with Crippen molar-refractivity contribution in [2.24, 2.45) is 5.92 Å². The predicted molar refractivity (Wildman–Crippen MR) is 107 cm³/mol. The van der Waals surface area contributed by atoms with Crippen LogP contribution in [0, 0.1) is 5.92 Å². The van der Waals surface area contributed by atoms with Gasteiger partial charge in [-0.1, -0.05) is 48.5 Å². The first kappa shape index (κ1) is 16.7. The lowest BCUT2D eigenvalue weighted by atomic mass is 9.76. The van der Waals surface area contributed by atoms with Crippen molar-refractivity contribution in [3.63, 3.8) is 0 Å². The Morgan fingerprint density at radius 2 is 1.50 bits per heavy atom. The molecule has 2 aliphatic heterocycles. The molecular formula is C23H19N3O2. The molecule has 1 fully saturated rings. The van der Waals surface area contributed by atoms with Crippen LogP contribution in [0.15, 0.2) is 79.0 Å². The third kappa shape index (κ3) is 2.29. The number of hydrogen-bond acceptors (Lipinski definition) is 4. The highest BCUT2D eigenvalue weighted by atomic mass is 16.2. The zero-order valence-electron chi connectivity index (χ0n) is 15.4. The lowest BCUT2D eigenvalue weighted by molar-refractivity contribution is -0.122. The van der Waals surface area contributed by atoms with Crippen LogP contribution in [0.3, 0.4) is 0 Å². The van der Waals surface area contributed by atoms with Crippen LogP contribution < -0.4 is 9.80 Å². The van der Waals surface area contributed by atoms with E-state index in [-0.39, 0.29) is 17.7 Å². The molecule has 1 aromatic heterocycles. The number of para-hydroxylation sites is 1. The van der Waals surface area contributed by atoms with Crippen LogP contribution in [-0.4, -0.2) is 29.9 Å². The average Bonchev–Trinajstić information content (AvgIpc) is 3.00. The molecule has 0 spiro atoms. The van der Waals surface area contributed by atoms with Gasteiger partial charge in [-0.25, -0.2) is 4.90 Å². The SMILES string of the molecule is CN1c2cccnc2[C@H](c2ccccc2)[C@@H]2C(=O)N(c3ccccc3)C(=O)[C@@H]21. The number of amides is 2. The molecule has 5 nitrogen and oxygen atoms in total. The Balaban J connectivity index is 1.70. The van der Waals surface area contributed by atoms with Gasteiger partial charge in [-0.05, 0) is 29.8 Å². The summed E-state index contributed by atoms with van der Waals surface area (Å²) < 4.78 is 0. The molecule has 0 unspecified atom stereocenters. The highest BCUT2D eigenvalue weighted by Crippen LogP contribution is 2.48. The fourth-order valence-corrected chi connectivity index (χ4v) is 4.53. The van der Waals surface area contributed by atoms with Gasteiger partial charge in [0.15, 0.2) is 0 Å². The molecule has 2 aromatic carbocycles. The molecular weight excluding hydrogens is 350 g/mol. The molecule has 0 radical (unpaired) electrons. The third-order valence-electron chi connectivity index (χ3n) is 5.76. The molecule has 28 heavy (non-hydrogen) atoms. The van der Waals surface area contributed by atoms with E-state index in [0.717, 1.165) is 16.9 Å². The summed E-state index contributed by atoms with van der Waals surface area (Å²) in [6, 6.07) is 22.3. The van der Waals surface area contributed by atoms with Gasteiger partial charge in [0.1, 0.15) is 6.04 Å². The zero-order valence-corrected chi connectivity index (χ0v) is 15.4. The Kier molecular flexibility index (Phi) is 3.76. The number of nitrogens with zero attached hydrogens (tertiary/aromatic N) is 3. The highest BCUT2D eigenvalue weighted by molar-refractivity contribution is 6.25. The molecule has 1 saturated heterocycles. The molecule has 3 heterocycles. The quantitative estimate of drug-likeness (QED) is 0.651. The van der Waals surface area contributed by atoms with Crippen LogP contribution in [0.2, 0.25) is 0 Å². The summed E-state index contributed by atoms with van der Waals surface area (Å²) >= 11 is 0. The summed E-state index contributed by atoms with van der Waals surface area (Å²) in [7, 11) is 1.87. The number of benzene rings is 2. The Hall–Kier alpha value is -3.47. The molecule has 5 heteroatoms. The number of imide groups is 1. The van der Waals surface area contributed by atoms with Gasteiger partial charge in [-0.15, -0.1) is 0 Å². The van der Waals surface area contributed by atoms with Crippen LogP contribution in [0.25, 0.3) is 0 Å². The number of aromatic nitrogens is 1. The summed E-state index contributed by atoms with van der Waals surface area (Å²) in [6.07, 6.45) is 1.75. The number of anilines is 2. The highest BCUT2D eigenvalue weighted by Gasteiger charge is 2.57. The van der Waals surface area contributed by atoms with E-state index in [9.17, 15) is 9.59 Å². The molecule has 3 aromatic rings. The first-order chi connectivity index (χ1) is 13.7. The Morgan fingerprint density at radius 3 is 2.21 bits per heavy atom. The van der Waals surface area contributed by atoms with Crippen molar-refractivity contribution < 1.29 is 9.59 Å². The van der Waals surface area contributed by atoms with Gasteiger partial charge in [0.05, 0.1) is 23.0 Å². The van der Waals surface area contributed by atoms with Crippen molar-refractivity contribution in [1.29, 1.82) is 0 Å². The van der Waals surface area contributed by atoms with Gasteiger partial charge >= 0.3 is 0 Å². The van der Waals surface area contributed by atoms with Crippen molar-refractivity contribution in [2.75, 3.05) is 16.8 Å². The summed E-state index contributed by atoms with van der Waals surface area (Å²) in [6.45, 7) is 0. The maximum absolute atomic E-state index is 13.5. The minimum absolute atomic E-state index is 0.168. The van der Waals surface area contributed by atoms with E-state index in [2.05, 4.69) is 4.98 Å². The van der Waals surface area contributed by atoms with Crippen LogP contribution in [0.1, 0.15) is 17.2 Å². The maximum Gasteiger partial charge on any atom is 0.257 e. The number of likely N-dealkylation sites (N-methyl/N-ethyl adjacent to an activating group) is 1. The molecule has 2 amide bonds. The van der Waals surface area contributed by atoms with Gasteiger partial charge in [0.25, 0.3) is 5.91 Å². The predicted octanol–water partition coefficient (Wildman–Crippen LogP) is 3.22. The second kappa shape index (κ2) is 6.30. The molecule has 138 valence electrons. The van der Waals surface area contributed by atoms with Gasteiger partial charge in [-0.3, -0.25) is 14.6 Å². The van der Waals surface area contributed by atoms with E-state index in [4.69, 9.17) is 0 Å². The lowest BCUT2D eigenvalue weighted by Gasteiger charge is -2.39. The van der Waals surface area contributed by atoms with Gasteiger partial charge in [-0.2, -0.15) is 0 Å². The standard InChI is InChI=1S/C23H19N3O2/c1-25-17-13-8-14-24-20(17)18(15-9-4-2-5-10-15)19-21(25)23(28)26(22(19)27)16-11-6-3-7-12-16/h2-14,18-19,21H,1H3/t18-,19+,21-/m1/s1. The van der Waals surface area contributed by atoms with Gasteiger partial charge in [0.2, 0.25) is 5.91 Å². The Bertz CT molecular complexity index is 1050. The Morgan fingerprint density at radius 1 is 0.821 bits per heavy atom. The first-order valence-corrected chi connectivity index (χ1v) is 9.34. The van der Waals surface area contributed by atoms with Crippen molar-refractivity contribution in [2.45, 2.75) is 12.0 Å². The Labute approximate surface area is 163 Å². The van der Waals surface area contributed by atoms with E-state index in [1.54, 1.807) is 18.3 Å². The summed E-state index contributed by atoms with van der Waals surface area (Å²) in [5, 5.41) is 0. The zero-order chi connectivity index (χ0) is 19.3. The van der Waals surface area contributed by atoms with Crippen LogP contribution in [0.5, 0.6) is 0 Å². The first-order valence-electron chi connectivity index (χ1n) is 9.34. The fourth-order valence-electron chi connectivity index (χ4n) is 4.53. The van der Waals surface area contributed by atoms with E-state index in [1.807, 2.05) is 72.6 Å². The second-order valence-corrected chi connectivity index (χ2v) is 7.23. The normalized spacial score (nSPS) is 23.5. The topological polar surface area (TPSA) is 53.5 Å². The van der Waals surface area contributed by atoms with Crippen LogP contribution >= 0.6 is 0 Å². The smallest absolute Gasteiger partial charge is 0.257 e. The van der Waals surface area contributed by atoms with E-state index in [0.29, 0.717) is 5.69 Å². The number of carbonyl (C=O) groups is 2. The number of rotatable bonds is 2. The van der Waals surface area contributed by atoms with Gasteiger partial charge < -0.3 is 4.90 Å². The van der Waals surface area contributed by atoms with E-state index in [1.165, 1.54) is 4.90 Å². The molecule has 2 aliphatic rings. The number of fused-ring (bicyclic) bond motifs is 2. The fraction of sp³-hybridized carbons (Fsp3) is 0.174. The lowest BCUT2D eigenvalue weighted by Crippen LogP contribution is -2.48. The maximum atomic E-state index is 13.5. The van der Waals surface area contributed by atoms with Crippen molar-refractivity contribution in [3.05, 3.63) is 90.3 Å². The largest absolute Gasteiger partial charge is 0.360 e. The molecule has 0 aliphatic carbocycles. The molecule has 0 N–H and O–H groups in total. The molecule has 3 atom stereocenters. The summed E-state index contributed by atoms with van der Waals surface area (Å²) in [4.78, 5) is 34.8. The number of hydrogen-bond donors (Lipinski definition) is 0. The average molecular weight is 369 g/mol. The van der Waals surface area contributed by atoms with Gasteiger partial charge in [0, 0.05) is 19.2 Å². The minimum atomic E-state index is -0.547. The van der Waals surface area contributed by atoms with Crippen molar-refractivity contribution in [1.82, 2.24) is 4.98 Å². The third-order valence-corrected chi connectivity index (χ3v) is 5.76. The van der Waals surface area contributed by atoms with Crippen molar-refractivity contribution >= 4 is 23.2 Å². The van der Waals surface area contributed by atoms with E-state index >= 15 is 0 Å². The van der Waals surface area contributed by atoms with Crippen LogP contribution in [0.4, 0.5) is 11.4 Å². The summed E-state index contributed by atoms with van der Waals surface area (Å²) in [5.41, 5.74) is 3.35. The van der Waals surface area contributed by atoms with Crippen LogP contribution in [-0.2, 0) is 9.59 Å². The van der Waals surface area contributed by atoms with Crippen molar-refractivity contribution in [3.8, 4) is 0 Å². The molecule has 5 rings (SSSR count). The van der Waals surface area contributed by atoms with E-state index < -0.39 is 12.0 Å². The molecule has 0 saturated carbocycles. The number of pyridine rings is 1. The second-order valence-electron chi connectivity index (χ2n) is 7.23. The molecule has 0 bridgehead atoms. The minimum Gasteiger partial charge on any atom is -0.360 e. The summed E-state index contributed by atoms with van der Waals surface area (Å²) in [5.74, 6) is -1.12.